The second kappa shape index (κ2) is 7.69. The zero-order valence-electron chi connectivity index (χ0n) is 18.3. The summed E-state index contributed by atoms with van der Waals surface area (Å²) < 4.78 is 2.31. The van der Waals surface area contributed by atoms with Gasteiger partial charge in [0.2, 0.25) is 5.91 Å². The highest BCUT2D eigenvalue weighted by atomic mass is 16.2. The summed E-state index contributed by atoms with van der Waals surface area (Å²) in [5.74, 6) is 1.25. The molecule has 0 spiro atoms. The van der Waals surface area contributed by atoms with Gasteiger partial charge in [-0.25, -0.2) is 4.98 Å². The smallest absolute Gasteiger partial charge is 0.227 e. The van der Waals surface area contributed by atoms with Crippen molar-refractivity contribution in [3.63, 3.8) is 0 Å². The Morgan fingerprint density at radius 3 is 2.48 bits per heavy atom. The minimum atomic E-state index is 0.0753. The van der Waals surface area contributed by atoms with Gasteiger partial charge in [0, 0.05) is 31.1 Å². The average molecular weight is 410 g/mol. The predicted octanol–water partition coefficient (Wildman–Crippen LogP) is 5.53. The lowest BCUT2D eigenvalue weighted by Crippen LogP contribution is -2.24. The number of hydrogen-bond acceptors (Lipinski definition) is 2. The third-order valence-corrected chi connectivity index (χ3v) is 6.35. The van der Waals surface area contributed by atoms with Gasteiger partial charge in [0.05, 0.1) is 11.0 Å². The molecule has 3 aromatic carbocycles. The Morgan fingerprint density at radius 1 is 0.935 bits per heavy atom. The molecule has 0 saturated carbocycles. The molecule has 1 aliphatic heterocycles. The molecular formula is C27H27N3O. The van der Waals surface area contributed by atoms with Crippen LogP contribution in [0.5, 0.6) is 0 Å². The number of aryl methyl sites for hydroxylation is 3. The van der Waals surface area contributed by atoms with Crippen LogP contribution in [0.15, 0.2) is 66.7 Å². The van der Waals surface area contributed by atoms with Crippen LogP contribution in [0.3, 0.4) is 0 Å². The van der Waals surface area contributed by atoms with E-state index in [1.54, 1.807) is 0 Å². The Hall–Kier alpha value is -3.40. The van der Waals surface area contributed by atoms with Crippen molar-refractivity contribution in [2.75, 3.05) is 11.4 Å². The van der Waals surface area contributed by atoms with Crippen molar-refractivity contribution in [3.05, 3.63) is 94.8 Å². The molecule has 0 aliphatic carbocycles. The number of carbonyl (C=O) groups excluding carboxylic acids is 1. The second-order valence-electron chi connectivity index (χ2n) is 8.72. The lowest BCUT2D eigenvalue weighted by Gasteiger charge is -2.18. The maximum absolute atomic E-state index is 12.9. The maximum Gasteiger partial charge on any atom is 0.227 e. The summed E-state index contributed by atoms with van der Waals surface area (Å²) in [5, 5.41) is 0. The van der Waals surface area contributed by atoms with Crippen LogP contribution in [0.2, 0.25) is 0 Å². The van der Waals surface area contributed by atoms with Crippen LogP contribution in [0.25, 0.3) is 11.0 Å². The molecule has 1 fully saturated rings. The van der Waals surface area contributed by atoms with Crippen molar-refractivity contribution in [2.45, 2.75) is 39.7 Å². The largest absolute Gasteiger partial charge is 0.323 e. The van der Waals surface area contributed by atoms with Crippen molar-refractivity contribution >= 4 is 22.6 Å². The van der Waals surface area contributed by atoms with E-state index in [9.17, 15) is 4.79 Å². The highest BCUT2D eigenvalue weighted by molar-refractivity contribution is 5.96. The first kappa shape index (κ1) is 19.6. The summed E-state index contributed by atoms with van der Waals surface area (Å²) in [6.45, 7) is 7.78. The minimum absolute atomic E-state index is 0.0753. The molecule has 0 radical (unpaired) electrons. The average Bonchev–Trinajstić information content (AvgIpc) is 3.32. The molecule has 4 aromatic rings. The molecule has 2 heterocycles. The van der Waals surface area contributed by atoms with E-state index in [4.69, 9.17) is 4.98 Å². The number of aromatic nitrogens is 2. The van der Waals surface area contributed by atoms with Crippen LogP contribution >= 0.6 is 0 Å². The molecule has 4 nitrogen and oxygen atoms in total. The lowest BCUT2D eigenvalue weighted by molar-refractivity contribution is -0.117. The topological polar surface area (TPSA) is 38.1 Å². The molecule has 0 bridgehead atoms. The highest BCUT2D eigenvalue weighted by Gasteiger charge is 2.34. The summed E-state index contributed by atoms with van der Waals surface area (Å²) >= 11 is 0. The van der Waals surface area contributed by atoms with E-state index in [-0.39, 0.29) is 11.8 Å². The quantitative estimate of drug-likeness (QED) is 0.444. The summed E-state index contributed by atoms with van der Waals surface area (Å²) in [4.78, 5) is 19.8. The van der Waals surface area contributed by atoms with Crippen molar-refractivity contribution in [1.82, 2.24) is 9.55 Å². The van der Waals surface area contributed by atoms with Gasteiger partial charge in [0.15, 0.2) is 0 Å². The molecule has 1 atom stereocenters. The Kier molecular flexibility index (Phi) is 4.85. The van der Waals surface area contributed by atoms with E-state index in [1.165, 1.54) is 22.3 Å². The van der Waals surface area contributed by atoms with Crippen LogP contribution < -0.4 is 4.90 Å². The van der Waals surface area contributed by atoms with E-state index in [0.717, 1.165) is 29.1 Å². The molecule has 4 heteroatoms. The summed E-state index contributed by atoms with van der Waals surface area (Å²) in [6.07, 6.45) is 0.490. The standard InChI is InChI=1S/C27H27N3O/c1-18-9-12-23(13-10-18)29-17-22(15-26(29)31)27-28-24-6-4-5-7-25(24)30(27)16-21-14-19(2)8-11-20(21)3/h4-14,22H,15-17H2,1-3H3. The number of fused-ring (bicyclic) bond motifs is 1. The number of benzene rings is 3. The molecule has 5 rings (SSSR count). The molecule has 1 unspecified atom stereocenters. The molecule has 156 valence electrons. The number of rotatable bonds is 4. The summed E-state index contributed by atoms with van der Waals surface area (Å²) in [5.41, 5.74) is 8.11. The fourth-order valence-electron chi connectivity index (χ4n) is 4.57. The summed E-state index contributed by atoms with van der Waals surface area (Å²) in [6, 6.07) is 23.1. The first-order valence-corrected chi connectivity index (χ1v) is 10.9. The van der Waals surface area contributed by atoms with E-state index in [1.807, 2.05) is 23.1 Å². The molecule has 0 N–H and O–H groups in total. The van der Waals surface area contributed by atoms with Crippen molar-refractivity contribution in [3.8, 4) is 0 Å². The first-order chi connectivity index (χ1) is 15.0. The number of para-hydroxylation sites is 2. The predicted molar refractivity (Wildman–Crippen MR) is 126 cm³/mol. The van der Waals surface area contributed by atoms with Gasteiger partial charge in [-0.3, -0.25) is 4.79 Å². The number of anilines is 1. The van der Waals surface area contributed by atoms with Crippen LogP contribution in [0.4, 0.5) is 5.69 Å². The Labute approximate surface area is 183 Å². The second-order valence-corrected chi connectivity index (χ2v) is 8.72. The lowest BCUT2D eigenvalue weighted by atomic mass is 10.0. The van der Waals surface area contributed by atoms with Crippen molar-refractivity contribution in [1.29, 1.82) is 0 Å². The molecule has 1 saturated heterocycles. The first-order valence-electron chi connectivity index (χ1n) is 10.9. The number of imidazole rings is 1. The van der Waals surface area contributed by atoms with Crippen LogP contribution in [0, 0.1) is 20.8 Å². The fourth-order valence-corrected chi connectivity index (χ4v) is 4.57. The van der Waals surface area contributed by atoms with Gasteiger partial charge in [-0.2, -0.15) is 0 Å². The van der Waals surface area contributed by atoms with Gasteiger partial charge in [0.1, 0.15) is 5.82 Å². The van der Waals surface area contributed by atoms with E-state index in [0.29, 0.717) is 13.0 Å². The number of hydrogen-bond donors (Lipinski definition) is 0. The van der Waals surface area contributed by atoms with E-state index >= 15 is 0 Å². The normalized spacial score (nSPS) is 16.4. The SMILES string of the molecule is Cc1ccc(N2CC(c3nc4ccccc4n3Cc3cc(C)ccc3C)CC2=O)cc1. The van der Waals surface area contributed by atoms with Gasteiger partial charge in [-0.05, 0) is 56.2 Å². The van der Waals surface area contributed by atoms with Crippen LogP contribution in [0.1, 0.15) is 40.4 Å². The van der Waals surface area contributed by atoms with Crippen molar-refractivity contribution in [2.24, 2.45) is 0 Å². The zero-order chi connectivity index (χ0) is 21.5. The van der Waals surface area contributed by atoms with E-state index < -0.39 is 0 Å². The Bertz CT molecular complexity index is 1270. The highest BCUT2D eigenvalue weighted by Crippen LogP contribution is 2.34. The number of carbonyl (C=O) groups is 1. The van der Waals surface area contributed by atoms with Gasteiger partial charge in [0.25, 0.3) is 0 Å². The third-order valence-electron chi connectivity index (χ3n) is 6.35. The van der Waals surface area contributed by atoms with E-state index in [2.05, 4.69) is 73.9 Å². The van der Waals surface area contributed by atoms with Gasteiger partial charge < -0.3 is 9.47 Å². The van der Waals surface area contributed by atoms with Crippen molar-refractivity contribution < 1.29 is 4.79 Å². The monoisotopic (exact) mass is 409 g/mol. The molecular weight excluding hydrogens is 382 g/mol. The van der Waals surface area contributed by atoms with Gasteiger partial charge in [-0.15, -0.1) is 0 Å². The molecule has 1 amide bonds. The fraction of sp³-hybridized carbons (Fsp3) is 0.259. The third kappa shape index (κ3) is 3.63. The zero-order valence-corrected chi connectivity index (χ0v) is 18.3. The molecule has 1 aliphatic rings. The van der Waals surface area contributed by atoms with Gasteiger partial charge >= 0.3 is 0 Å². The van der Waals surface area contributed by atoms with Crippen LogP contribution in [-0.4, -0.2) is 22.0 Å². The minimum Gasteiger partial charge on any atom is -0.323 e. The Morgan fingerprint density at radius 2 is 1.68 bits per heavy atom. The van der Waals surface area contributed by atoms with Crippen LogP contribution in [-0.2, 0) is 11.3 Å². The number of amides is 1. The molecule has 1 aromatic heterocycles. The number of nitrogens with zero attached hydrogens (tertiary/aromatic N) is 3. The summed E-state index contributed by atoms with van der Waals surface area (Å²) in [7, 11) is 0. The maximum atomic E-state index is 12.9. The van der Waals surface area contributed by atoms with Gasteiger partial charge in [-0.1, -0.05) is 53.6 Å². The molecule has 31 heavy (non-hydrogen) atoms. The Balaban J connectivity index is 1.54.